The number of hydrogen-bond acceptors (Lipinski definition) is 7. The van der Waals surface area contributed by atoms with Crippen molar-refractivity contribution in [3.05, 3.63) is 66.2 Å². The largest absolute Gasteiger partial charge is 0.493 e. The average Bonchev–Trinajstić information content (AvgIpc) is 3.29. The second kappa shape index (κ2) is 12.5. The average molecular weight is 499 g/mol. The zero-order chi connectivity index (χ0) is 24.5. The van der Waals surface area contributed by atoms with Gasteiger partial charge in [-0.15, -0.1) is 11.8 Å². The van der Waals surface area contributed by atoms with E-state index in [2.05, 4.69) is 0 Å². The number of rotatable bonds is 10. The third-order valence-corrected chi connectivity index (χ3v) is 6.99. The zero-order valence-corrected chi connectivity index (χ0v) is 20.4. The Hall–Kier alpha value is -3.20. The number of amides is 2. The van der Waals surface area contributed by atoms with Crippen molar-refractivity contribution in [2.75, 3.05) is 37.8 Å². The van der Waals surface area contributed by atoms with Crippen LogP contribution in [0.15, 0.2) is 60.7 Å². The van der Waals surface area contributed by atoms with E-state index in [9.17, 15) is 14.4 Å². The Balaban J connectivity index is 1.18. The number of esters is 1. The molecule has 0 N–H and O–H groups in total. The van der Waals surface area contributed by atoms with E-state index in [1.165, 1.54) is 4.90 Å². The Morgan fingerprint density at radius 3 is 2.40 bits per heavy atom. The highest BCUT2D eigenvalue weighted by Gasteiger charge is 2.44. The number of likely N-dealkylation sites (tertiary alicyclic amines) is 1. The van der Waals surface area contributed by atoms with Gasteiger partial charge in [-0.1, -0.05) is 48.5 Å². The van der Waals surface area contributed by atoms with Gasteiger partial charge in [-0.05, 0) is 30.5 Å². The first-order chi connectivity index (χ1) is 17.1. The van der Waals surface area contributed by atoms with Crippen LogP contribution in [0.25, 0.3) is 0 Å². The smallest absolute Gasteiger partial charge is 0.410 e. The van der Waals surface area contributed by atoms with Gasteiger partial charge in [-0.25, -0.2) is 9.59 Å². The summed E-state index contributed by atoms with van der Waals surface area (Å²) >= 11 is 1.55. The number of carbonyl (C=O) groups excluding carboxylic acids is 3. The van der Waals surface area contributed by atoms with Crippen LogP contribution in [-0.4, -0.2) is 77.7 Å². The van der Waals surface area contributed by atoms with E-state index in [0.717, 1.165) is 17.1 Å². The van der Waals surface area contributed by atoms with E-state index in [-0.39, 0.29) is 25.2 Å². The molecule has 2 aliphatic rings. The van der Waals surface area contributed by atoms with E-state index in [1.54, 1.807) is 11.8 Å². The molecule has 0 unspecified atom stereocenters. The summed E-state index contributed by atoms with van der Waals surface area (Å²) in [5.74, 6) is 1.56. The molecule has 2 amide bonds. The van der Waals surface area contributed by atoms with Crippen molar-refractivity contribution in [3.8, 4) is 5.75 Å². The van der Waals surface area contributed by atoms with Crippen LogP contribution in [0.4, 0.5) is 4.79 Å². The van der Waals surface area contributed by atoms with E-state index < -0.39 is 18.1 Å². The minimum absolute atomic E-state index is 0.00665. The zero-order valence-electron chi connectivity index (χ0n) is 19.5. The molecule has 1 atom stereocenters. The van der Waals surface area contributed by atoms with Crippen LogP contribution in [0, 0.1) is 0 Å². The number of ether oxygens (including phenoxy) is 3. The van der Waals surface area contributed by atoms with Crippen molar-refractivity contribution in [1.82, 2.24) is 9.80 Å². The summed E-state index contributed by atoms with van der Waals surface area (Å²) in [6.45, 7) is 1.77. The maximum Gasteiger partial charge on any atom is 0.410 e. The summed E-state index contributed by atoms with van der Waals surface area (Å²) in [5.41, 5.74) is 0.883. The fourth-order valence-corrected chi connectivity index (χ4v) is 4.92. The normalized spacial score (nSPS) is 18.3. The standard InChI is InChI=1S/C26H30N2O6S/c29-24(19-35-16-15-32-22-9-5-2-6-10-22)27-13-11-21(12-14-27)28-23(18-34-26(28)31)25(30)33-17-20-7-3-1-4-8-20/h1-10,21,23H,11-19H2/t23-/m0/s1. The van der Waals surface area contributed by atoms with Crippen molar-refractivity contribution >= 4 is 29.7 Å². The lowest BCUT2D eigenvalue weighted by atomic mass is 10.0. The Labute approximate surface area is 209 Å². The lowest BCUT2D eigenvalue weighted by Crippen LogP contribution is -2.52. The fourth-order valence-electron chi connectivity index (χ4n) is 4.22. The molecule has 0 aromatic heterocycles. The maximum atomic E-state index is 12.7. The van der Waals surface area contributed by atoms with E-state index in [1.807, 2.05) is 65.6 Å². The number of benzene rings is 2. The van der Waals surface area contributed by atoms with Crippen molar-refractivity contribution in [2.24, 2.45) is 0 Å². The molecule has 0 spiro atoms. The second-order valence-electron chi connectivity index (χ2n) is 8.42. The van der Waals surface area contributed by atoms with Gasteiger partial charge in [0, 0.05) is 24.9 Å². The summed E-state index contributed by atoms with van der Waals surface area (Å²) in [4.78, 5) is 41.0. The monoisotopic (exact) mass is 498 g/mol. The van der Waals surface area contributed by atoms with Gasteiger partial charge >= 0.3 is 12.1 Å². The molecule has 0 saturated carbocycles. The maximum absolute atomic E-state index is 12.7. The molecular formula is C26H30N2O6S. The van der Waals surface area contributed by atoms with Crippen molar-refractivity contribution in [3.63, 3.8) is 0 Å². The molecule has 2 aliphatic heterocycles. The number of nitrogens with zero attached hydrogens (tertiary/aromatic N) is 2. The number of thioether (sulfide) groups is 1. The molecule has 0 bridgehead atoms. The van der Waals surface area contributed by atoms with E-state index >= 15 is 0 Å². The molecule has 2 aromatic rings. The number of piperidine rings is 1. The summed E-state index contributed by atoms with van der Waals surface area (Å²) < 4.78 is 16.3. The first-order valence-corrected chi connectivity index (χ1v) is 13.0. The van der Waals surface area contributed by atoms with Gasteiger partial charge in [0.25, 0.3) is 0 Å². The van der Waals surface area contributed by atoms with Gasteiger partial charge in [-0.3, -0.25) is 9.69 Å². The Bertz CT molecular complexity index is 982. The Kier molecular flexibility index (Phi) is 8.89. The fraction of sp³-hybridized carbons (Fsp3) is 0.423. The van der Waals surface area contributed by atoms with Crippen LogP contribution < -0.4 is 4.74 Å². The van der Waals surface area contributed by atoms with Crippen LogP contribution in [0.3, 0.4) is 0 Å². The first kappa shape index (κ1) is 24.9. The van der Waals surface area contributed by atoms with Gasteiger partial charge in [-0.2, -0.15) is 0 Å². The lowest BCUT2D eigenvalue weighted by molar-refractivity contribution is -0.150. The van der Waals surface area contributed by atoms with Crippen LogP contribution in [-0.2, 0) is 25.7 Å². The molecule has 2 saturated heterocycles. The van der Waals surface area contributed by atoms with Crippen LogP contribution in [0.2, 0.25) is 0 Å². The molecule has 4 rings (SSSR count). The van der Waals surface area contributed by atoms with Gasteiger partial charge in [0.15, 0.2) is 6.04 Å². The number of carbonyl (C=O) groups is 3. The summed E-state index contributed by atoms with van der Waals surface area (Å²) in [7, 11) is 0. The Morgan fingerprint density at radius 2 is 1.69 bits per heavy atom. The number of cyclic esters (lactones) is 1. The summed E-state index contributed by atoms with van der Waals surface area (Å²) in [6.07, 6.45) is 0.710. The molecule has 2 aromatic carbocycles. The molecule has 0 radical (unpaired) electrons. The summed E-state index contributed by atoms with van der Waals surface area (Å²) in [5, 5.41) is 0. The van der Waals surface area contributed by atoms with E-state index in [0.29, 0.717) is 38.3 Å². The minimum atomic E-state index is -0.751. The lowest BCUT2D eigenvalue weighted by Gasteiger charge is -2.37. The van der Waals surface area contributed by atoms with Crippen LogP contribution >= 0.6 is 11.8 Å². The van der Waals surface area contributed by atoms with Crippen molar-refractivity contribution in [1.29, 1.82) is 0 Å². The minimum Gasteiger partial charge on any atom is -0.493 e. The molecule has 2 fully saturated rings. The predicted octanol–water partition coefficient (Wildman–Crippen LogP) is 3.35. The predicted molar refractivity (Wildman–Crippen MR) is 132 cm³/mol. The number of para-hydroxylation sites is 1. The molecule has 35 heavy (non-hydrogen) atoms. The molecule has 186 valence electrons. The van der Waals surface area contributed by atoms with Crippen molar-refractivity contribution < 1.29 is 28.6 Å². The quantitative estimate of drug-likeness (QED) is 0.367. The molecule has 2 heterocycles. The summed E-state index contributed by atoms with van der Waals surface area (Å²) in [6, 6.07) is 18.1. The van der Waals surface area contributed by atoms with E-state index in [4.69, 9.17) is 14.2 Å². The topological polar surface area (TPSA) is 85.4 Å². The highest BCUT2D eigenvalue weighted by Crippen LogP contribution is 2.25. The SMILES string of the molecule is O=C(OCc1ccccc1)[C@@H]1COC(=O)N1C1CCN(C(=O)CSCCOc2ccccc2)CC1. The molecule has 9 heteroatoms. The first-order valence-electron chi connectivity index (χ1n) is 11.8. The molecule has 0 aliphatic carbocycles. The van der Waals surface area contributed by atoms with Crippen LogP contribution in [0.5, 0.6) is 5.75 Å². The van der Waals surface area contributed by atoms with Gasteiger partial charge in [0.05, 0.1) is 12.4 Å². The molecule has 8 nitrogen and oxygen atoms in total. The highest BCUT2D eigenvalue weighted by atomic mass is 32.2. The number of hydrogen-bond donors (Lipinski definition) is 0. The Morgan fingerprint density at radius 1 is 1.00 bits per heavy atom. The van der Waals surface area contributed by atoms with Gasteiger partial charge in [0.1, 0.15) is 19.0 Å². The highest BCUT2D eigenvalue weighted by molar-refractivity contribution is 7.99. The second-order valence-corrected chi connectivity index (χ2v) is 9.52. The third kappa shape index (κ3) is 6.91. The third-order valence-electron chi connectivity index (χ3n) is 6.08. The van der Waals surface area contributed by atoms with Crippen molar-refractivity contribution in [2.45, 2.75) is 31.5 Å². The van der Waals surface area contributed by atoms with Crippen LogP contribution in [0.1, 0.15) is 18.4 Å². The van der Waals surface area contributed by atoms with Gasteiger partial charge < -0.3 is 19.1 Å². The molecular weight excluding hydrogens is 468 g/mol. The van der Waals surface area contributed by atoms with Gasteiger partial charge in [0.2, 0.25) is 5.91 Å².